The van der Waals surface area contributed by atoms with Gasteiger partial charge in [-0.2, -0.15) is 0 Å². The van der Waals surface area contributed by atoms with E-state index in [0.717, 1.165) is 6.07 Å². The molecular formula is C16H15ClFNO3. The van der Waals surface area contributed by atoms with Gasteiger partial charge >= 0.3 is 0 Å². The van der Waals surface area contributed by atoms with Crippen LogP contribution in [0.2, 0.25) is 5.02 Å². The zero-order chi connectivity index (χ0) is 16.1. The molecule has 2 aromatic rings. The van der Waals surface area contributed by atoms with Crippen LogP contribution >= 0.6 is 11.6 Å². The van der Waals surface area contributed by atoms with Crippen molar-refractivity contribution in [2.75, 3.05) is 6.54 Å². The molecule has 4 nitrogen and oxygen atoms in total. The van der Waals surface area contributed by atoms with Crippen molar-refractivity contribution in [3.8, 4) is 5.75 Å². The molecule has 0 radical (unpaired) electrons. The predicted octanol–water partition coefficient (Wildman–Crippen LogP) is 2.58. The summed E-state index contributed by atoms with van der Waals surface area (Å²) in [4.78, 5) is 11.8. The maximum atomic E-state index is 13.3. The van der Waals surface area contributed by atoms with Gasteiger partial charge in [0.1, 0.15) is 11.6 Å². The molecule has 2 rings (SSSR count). The van der Waals surface area contributed by atoms with Gasteiger partial charge in [0.15, 0.2) is 0 Å². The van der Waals surface area contributed by atoms with Crippen LogP contribution in [0.5, 0.6) is 5.75 Å². The maximum Gasteiger partial charge on any atom is 0.224 e. The molecule has 0 aromatic heterocycles. The van der Waals surface area contributed by atoms with E-state index in [1.807, 2.05) is 0 Å². The first-order chi connectivity index (χ1) is 10.5. The van der Waals surface area contributed by atoms with Crippen LogP contribution in [-0.4, -0.2) is 22.7 Å². The first kappa shape index (κ1) is 16.3. The van der Waals surface area contributed by atoms with E-state index < -0.39 is 11.9 Å². The van der Waals surface area contributed by atoms with E-state index in [-0.39, 0.29) is 29.6 Å². The lowest BCUT2D eigenvalue weighted by molar-refractivity contribution is -0.120. The number of para-hydroxylation sites is 1. The quantitative estimate of drug-likeness (QED) is 0.792. The molecule has 0 aliphatic rings. The molecule has 0 heterocycles. The second-order valence-electron chi connectivity index (χ2n) is 4.80. The number of aromatic hydroxyl groups is 1. The number of aliphatic hydroxyl groups is 1. The van der Waals surface area contributed by atoms with Crippen LogP contribution in [0.1, 0.15) is 17.2 Å². The summed E-state index contributed by atoms with van der Waals surface area (Å²) in [7, 11) is 0. The molecule has 0 spiro atoms. The van der Waals surface area contributed by atoms with Crippen molar-refractivity contribution in [1.29, 1.82) is 0 Å². The molecule has 22 heavy (non-hydrogen) atoms. The predicted molar refractivity (Wildman–Crippen MR) is 81.2 cm³/mol. The minimum Gasteiger partial charge on any atom is -0.508 e. The van der Waals surface area contributed by atoms with E-state index in [4.69, 9.17) is 11.6 Å². The number of aliphatic hydroxyl groups excluding tert-OH is 1. The highest BCUT2D eigenvalue weighted by Gasteiger charge is 2.13. The lowest BCUT2D eigenvalue weighted by atomic mass is 10.1. The smallest absolute Gasteiger partial charge is 0.224 e. The van der Waals surface area contributed by atoms with E-state index in [0.29, 0.717) is 11.1 Å². The molecule has 116 valence electrons. The lowest BCUT2D eigenvalue weighted by Crippen LogP contribution is -2.29. The number of halogens is 2. The summed E-state index contributed by atoms with van der Waals surface area (Å²) in [5.41, 5.74) is 0.816. The molecule has 1 atom stereocenters. The molecule has 0 saturated carbocycles. The standard InChI is InChI=1S/C16H15ClFNO3/c17-12-6-5-11(7-13(12)18)15(21)9-19-16(22)8-10-3-1-2-4-14(10)20/h1-7,15,20-21H,8-9H2,(H,19,22). The molecule has 0 aliphatic carbocycles. The van der Waals surface area contributed by atoms with Crippen LogP contribution in [0, 0.1) is 5.82 Å². The zero-order valence-corrected chi connectivity index (χ0v) is 12.3. The summed E-state index contributed by atoms with van der Waals surface area (Å²) in [5.74, 6) is -0.938. The van der Waals surface area contributed by atoms with Gasteiger partial charge in [-0.3, -0.25) is 4.79 Å². The summed E-state index contributed by atoms with van der Waals surface area (Å²) in [6.07, 6.45) is -1.05. The minimum atomic E-state index is -1.04. The Morgan fingerprint density at radius 2 is 2.00 bits per heavy atom. The molecule has 2 aromatic carbocycles. The number of benzene rings is 2. The van der Waals surface area contributed by atoms with Gasteiger partial charge in [0.05, 0.1) is 17.5 Å². The molecule has 6 heteroatoms. The van der Waals surface area contributed by atoms with E-state index >= 15 is 0 Å². The molecule has 0 fully saturated rings. The molecule has 1 amide bonds. The average molecular weight is 324 g/mol. The van der Waals surface area contributed by atoms with E-state index in [1.165, 1.54) is 18.2 Å². The SMILES string of the molecule is O=C(Cc1ccccc1O)NCC(O)c1ccc(Cl)c(F)c1. The van der Waals surface area contributed by atoms with Crippen molar-refractivity contribution in [3.63, 3.8) is 0 Å². The van der Waals surface area contributed by atoms with Crippen molar-refractivity contribution in [3.05, 3.63) is 64.4 Å². The van der Waals surface area contributed by atoms with Crippen LogP contribution in [0.25, 0.3) is 0 Å². The average Bonchev–Trinajstić information content (AvgIpc) is 2.50. The first-order valence-corrected chi connectivity index (χ1v) is 7.01. The Bertz CT molecular complexity index is 678. The summed E-state index contributed by atoms with van der Waals surface area (Å²) in [5, 5.41) is 22.0. The normalized spacial score (nSPS) is 12.0. The van der Waals surface area contributed by atoms with Gasteiger partial charge in [-0.15, -0.1) is 0 Å². The lowest BCUT2D eigenvalue weighted by Gasteiger charge is -2.13. The van der Waals surface area contributed by atoms with Crippen molar-refractivity contribution in [2.45, 2.75) is 12.5 Å². The summed E-state index contributed by atoms with van der Waals surface area (Å²) < 4.78 is 13.3. The van der Waals surface area contributed by atoms with E-state index in [1.54, 1.807) is 18.2 Å². The number of amides is 1. The van der Waals surface area contributed by atoms with Crippen LogP contribution in [0.15, 0.2) is 42.5 Å². The number of hydrogen-bond acceptors (Lipinski definition) is 3. The Balaban J connectivity index is 1.90. The molecule has 0 aliphatic heterocycles. The fourth-order valence-corrected chi connectivity index (χ4v) is 2.06. The third-order valence-electron chi connectivity index (χ3n) is 3.16. The zero-order valence-electron chi connectivity index (χ0n) is 11.6. The highest BCUT2D eigenvalue weighted by atomic mass is 35.5. The van der Waals surface area contributed by atoms with Gasteiger partial charge in [0.25, 0.3) is 0 Å². The number of nitrogens with one attached hydrogen (secondary N) is 1. The summed E-state index contributed by atoms with van der Waals surface area (Å²) >= 11 is 5.57. The number of phenols is 1. The van der Waals surface area contributed by atoms with Crippen molar-refractivity contribution >= 4 is 17.5 Å². The fourth-order valence-electron chi connectivity index (χ4n) is 1.94. The van der Waals surface area contributed by atoms with Gasteiger partial charge in [0, 0.05) is 12.1 Å². The van der Waals surface area contributed by atoms with Crippen LogP contribution in [-0.2, 0) is 11.2 Å². The first-order valence-electron chi connectivity index (χ1n) is 6.64. The van der Waals surface area contributed by atoms with Crippen LogP contribution in [0.4, 0.5) is 4.39 Å². The van der Waals surface area contributed by atoms with Gasteiger partial charge in [-0.1, -0.05) is 35.9 Å². The molecular weight excluding hydrogens is 309 g/mol. The van der Waals surface area contributed by atoms with E-state index in [2.05, 4.69) is 5.32 Å². The maximum absolute atomic E-state index is 13.3. The fraction of sp³-hybridized carbons (Fsp3) is 0.188. The minimum absolute atomic E-state index is 0.00558. The van der Waals surface area contributed by atoms with Gasteiger partial charge < -0.3 is 15.5 Å². The summed E-state index contributed by atoms with van der Waals surface area (Å²) in [6.45, 7) is -0.0620. The summed E-state index contributed by atoms with van der Waals surface area (Å²) in [6, 6.07) is 10.5. The van der Waals surface area contributed by atoms with Gasteiger partial charge in [0.2, 0.25) is 5.91 Å². The number of carbonyl (C=O) groups is 1. The van der Waals surface area contributed by atoms with E-state index in [9.17, 15) is 19.4 Å². The number of hydrogen-bond donors (Lipinski definition) is 3. The van der Waals surface area contributed by atoms with Gasteiger partial charge in [-0.05, 0) is 23.8 Å². The van der Waals surface area contributed by atoms with Gasteiger partial charge in [-0.25, -0.2) is 4.39 Å². The largest absolute Gasteiger partial charge is 0.508 e. The third kappa shape index (κ3) is 4.19. The van der Waals surface area contributed by atoms with Crippen LogP contribution < -0.4 is 5.32 Å². The monoisotopic (exact) mass is 323 g/mol. The third-order valence-corrected chi connectivity index (χ3v) is 3.47. The highest BCUT2D eigenvalue weighted by molar-refractivity contribution is 6.30. The highest BCUT2D eigenvalue weighted by Crippen LogP contribution is 2.20. The van der Waals surface area contributed by atoms with Crippen molar-refractivity contribution in [2.24, 2.45) is 0 Å². The number of phenolic OH excluding ortho intramolecular Hbond substituents is 1. The Kier molecular flexibility index (Phi) is 5.35. The Hall–Kier alpha value is -2.11. The number of rotatable bonds is 5. The Morgan fingerprint density at radius 1 is 1.27 bits per heavy atom. The molecule has 3 N–H and O–H groups in total. The topological polar surface area (TPSA) is 69.6 Å². The second-order valence-corrected chi connectivity index (χ2v) is 5.21. The van der Waals surface area contributed by atoms with Crippen molar-refractivity contribution in [1.82, 2.24) is 5.32 Å². The Morgan fingerprint density at radius 3 is 2.68 bits per heavy atom. The van der Waals surface area contributed by atoms with Crippen LogP contribution in [0.3, 0.4) is 0 Å². The molecule has 1 unspecified atom stereocenters. The second kappa shape index (κ2) is 7.24. The Labute approximate surface area is 132 Å². The molecule has 0 saturated heterocycles. The number of carbonyl (C=O) groups excluding carboxylic acids is 1. The molecule has 0 bridgehead atoms. The van der Waals surface area contributed by atoms with Crippen molar-refractivity contribution < 1.29 is 19.4 Å².